The van der Waals surface area contributed by atoms with Crippen LogP contribution in [0.15, 0.2) is 43.1 Å². The monoisotopic (exact) mass is 338 g/mol. The van der Waals surface area contributed by atoms with E-state index in [0.717, 1.165) is 49.9 Å². The zero-order valence-electron chi connectivity index (χ0n) is 14.1. The SMILES string of the molecule is O=C(O)c1ccc2[nH]cc(C3CCN(CCn4ccnc4)CC3)c2c1. The first-order valence-corrected chi connectivity index (χ1v) is 8.73. The number of nitrogens with one attached hydrogen (secondary N) is 1. The lowest BCUT2D eigenvalue weighted by atomic mass is 9.89. The number of aromatic nitrogens is 3. The van der Waals surface area contributed by atoms with Crippen LogP contribution in [0.1, 0.15) is 34.7 Å². The number of piperidine rings is 1. The third-order valence-corrected chi connectivity index (χ3v) is 5.22. The van der Waals surface area contributed by atoms with Gasteiger partial charge in [0, 0.05) is 42.6 Å². The van der Waals surface area contributed by atoms with Crippen LogP contribution in [0.2, 0.25) is 0 Å². The number of hydrogen-bond donors (Lipinski definition) is 2. The minimum atomic E-state index is -0.872. The Hall–Kier alpha value is -2.60. The van der Waals surface area contributed by atoms with Crippen LogP contribution in [0.3, 0.4) is 0 Å². The van der Waals surface area contributed by atoms with Gasteiger partial charge in [-0.3, -0.25) is 0 Å². The van der Waals surface area contributed by atoms with Crippen LogP contribution in [0, 0.1) is 0 Å². The van der Waals surface area contributed by atoms with Crippen molar-refractivity contribution in [2.75, 3.05) is 19.6 Å². The maximum absolute atomic E-state index is 11.2. The zero-order valence-corrected chi connectivity index (χ0v) is 14.1. The molecule has 25 heavy (non-hydrogen) atoms. The second kappa shape index (κ2) is 6.72. The Balaban J connectivity index is 1.42. The lowest BCUT2D eigenvalue weighted by Crippen LogP contribution is -2.35. The lowest BCUT2D eigenvalue weighted by molar-refractivity contribution is 0.0697. The van der Waals surface area contributed by atoms with Crippen molar-refractivity contribution in [3.05, 3.63) is 54.2 Å². The van der Waals surface area contributed by atoms with Crippen LogP contribution in [-0.2, 0) is 6.54 Å². The van der Waals surface area contributed by atoms with E-state index in [2.05, 4.69) is 25.6 Å². The molecule has 4 rings (SSSR count). The van der Waals surface area contributed by atoms with Gasteiger partial charge in [-0.1, -0.05) is 0 Å². The van der Waals surface area contributed by atoms with Gasteiger partial charge in [-0.05, 0) is 55.6 Å². The quantitative estimate of drug-likeness (QED) is 0.750. The van der Waals surface area contributed by atoms with E-state index < -0.39 is 5.97 Å². The molecule has 0 saturated carbocycles. The molecule has 0 unspecified atom stereocenters. The molecule has 1 aliphatic heterocycles. The van der Waals surface area contributed by atoms with Gasteiger partial charge in [0.1, 0.15) is 0 Å². The number of carbonyl (C=O) groups is 1. The molecule has 0 aliphatic carbocycles. The van der Waals surface area contributed by atoms with E-state index in [9.17, 15) is 9.90 Å². The van der Waals surface area contributed by atoms with Crippen molar-refractivity contribution in [2.24, 2.45) is 0 Å². The van der Waals surface area contributed by atoms with Gasteiger partial charge in [0.15, 0.2) is 0 Å². The molecule has 1 saturated heterocycles. The van der Waals surface area contributed by atoms with E-state index in [1.54, 1.807) is 12.1 Å². The van der Waals surface area contributed by atoms with E-state index in [1.807, 2.05) is 24.8 Å². The molecule has 0 amide bonds. The number of carboxylic acid groups (broad SMARTS) is 1. The Morgan fingerprint density at radius 1 is 1.28 bits per heavy atom. The average molecular weight is 338 g/mol. The van der Waals surface area contributed by atoms with Crippen LogP contribution < -0.4 is 0 Å². The number of carboxylic acids is 1. The zero-order chi connectivity index (χ0) is 17.2. The summed E-state index contributed by atoms with van der Waals surface area (Å²) < 4.78 is 2.11. The summed E-state index contributed by atoms with van der Waals surface area (Å²) in [4.78, 5) is 21.1. The van der Waals surface area contributed by atoms with Gasteiger partial charge in [-0.25, -0.2) is 9.78 Å². The number of fused-ring (bicyclic) bond motifs is 1. The Labute approximate surface area is 146 Å². The van der Waals surface area contributed by atoms with Crippen molar-refractivity contribution in [1.82, 2.24) is 19.4 Å². The summed E-state index contributed by atoms with van der Waals surface area (Å²) in [5, 5.41) is 10.3. The Kier molecular flexibility index (Phi) is 4.28. The molecule has 2 aromatic heterocycles. The topological polar surface area (TPSA) is 74.2 Å². The molecule has 6 heteroatoms. The van der Waals surface area contributed by atoms with Gasteiger partial charge in [-0.2, -0.15) is 0 Å². The summed E-state index contributed by atoms with van der Waals surface area (Å²) in [6.07, 6.45) is 9.94. The summed E-state index contributed by atoms with van der Waals surface area (Å²) in [7, 11) is 0. The Morgan fingerprint density at radius 2 is 2.12 bits per heavy atom. The number of rotatable bonds is 5. The molecule has 3 aromatic rings. The smallest absolute Gasteiger partial charge is 0.335 e. The number of hydrogen-bond acceptors (Lipinski definition) is 3. The first-order valence-electron chi connectivity index (χ1n) is 8.73. The molecule has 6 nitrogen and oxygen atoms in total. The fraction of sp³-hybridized carbons (Fsp3) is 0.368. The molecule has 1 fully saturated rings. The fourth-order valence-electron chi connectivity index (χ4n) is 3.76. The summed E-state index contributed by atoms with van der Waals surface area (Å²) in [5.74, 6) is -0.384. The average Bonchev–Trinajstić information content (AvgIpc) is 3.29. The number of likely N-dealkylation sites (tertiary alicyclic amines) is 1. The number of imidazole rings is 1. The first-order chi connectivity index (χ1) is 12.2. The van der Waals surface area contributed by atoms with Crippen molar-refractivity contribution in [2.45, 2.75) is 25.3 Å². The van der Waals surface area contributed by atoms with Crippen LogP contribution >= 0.6 is 0 Å². The highest BCUT2D eigenvalue weighted by atomic mass is 16.4. The first kappa shape index (κ1) is 15.9. The molecule has 1 aliphatic rings. The van der Waals surface area contributed by atoms with E-state index >= 15 is 0 Å². The largest absolute Gasteiger partial charge is 0.478 e. The van der Waals surface area contributed by atoms with Crippen molar-refractivity contribution < 1.29 is 9.90 Å². The molecule has 0 bridgehead atoms. The van der Waals surface area contributed by atoms with Gasteiger partial charge < -0.3 is 19.6 Å². The highest BCUT2D eigenvalue weighted by Crippen LogP contribution is 2.33. The number of H-pyrrole nitrogens is 1. The predicted molar refractivity (Wildman–Crippen MR) is 95.9 cm³/mol. The molecular weight excluding hydrogens is 316 g/mol. The minimum Gasteiger partial charge on any atom is -0.478 e. The molecule has 2 N–H and O–H groups in total. The van der Waals surface area contributed by atoms with E-state index in [1.165, 1.54) is 5.56 Å². The predicted octanol–water partition coefficient (Wildman–Crippen LogP) is 2.94. The number of aromatic amines is 1. The standard InChI is InChI=1S/C19H22N4O2/c24-19(25)15-1-2-18-16(11-15)17(12-21-18)14-3-6-22(7-4-14)9-10-23-8-5-20-13-23/h1-2,5,8,11-14,21H,3-4,6-7,9-10H2,(H,24,25). The Bertz CT molecular complexity index is 861. The highest BCUT2D eigenvalue weighted by molar-refractivity contribution is 5.94. The molecule has 3 heterocycles. The van der Waals surface area contributed by atoms with Crippen LogP contribution in [0.4, 0.5) is 0 Å². The van der Waals surface area contributed by atoms with Crippen molar-refractivity contribution in [3.8, 4) is 0 Å². The van der Waals surface area contributed by atoms with E-state index in [-0.39, 0.29) is 0 Å². The second-order valence-electron chi connectivity index (χ2n) is 6.73. The van der Waals surface area contributed by atoms with Crippen molar-refractivity contribution >= 4 is 16.9 Å². The molecule has 0 atom stereocenters. The third-order valence-electron chi connectivity index (χ3n) is 5.22. The minimum absolute atomic E-state index is 0.353. The second-order valence-corrected chi connectivity index (χ2v) is 6.73. The van der Waals surface area contributed by atoms with Gasteiger partial charge >= 0.3 is 5.97 Å². The lowest BCUT2D eigenvalue weighted by Gasteiger charge is -2.32. The van der Waals surface area contributed by atoms with Crippen molar-refractivity contribution in [3.63, 3.8) is 0 Å². The van der Waals surface area contributed by atoms with Gasteiger partial charge in [-0.15, -0.1) is 0 Å². The summed E-state index contributed by atoms with van der Waals surface area (Å²) in [5.41, 5.74) is 2.63. The molecule has 0 spiro atoms. The van der Waals surface area contributed by atoms with Gasteiger partial charge in [0.05, 0.1) is 11.9 Å². The van der Waals surface area contributed by atoms with E-state index in [4.69, 9.17) is 0 Å². The fourth-order valence-corrected chi connectivity index (χ4v) is 3.76. The number of benzene rings is 1. The highest BCUT2D eigenvalue weighted by Gasteiger charge is 2.23. The molecule has 1 aromatic carbocycles. The van der Waals surface area contributed by atoms with Crippen LogP contribution in [-0.4, -0.2) is 50.1 Å². The normalized spacial score (nSPS) is 16.5. The van der Waals surface area contributed by atoms with Crippen molar-refractivity contribution in [1.29, 1.82) is 0 Å². The summed E-state index contributed by atoms with van der Waals surface area (Å²) in [6.45, 7) is 4.16. The molecular formula is C19H22N4O2. The van der Waals surface area contributed by atoms with Crippen LogP contribution in [0.5, 0.6) is 0 Å². The Morgan fingerprint density at radius 3 is 2.84 bits per heavy atom. The third kappa shape index (κ3) is 3.30. The maximum atomic E-state index is 11.2. The number of nitrogens with zero attached hydrogens (tertiary/aromatic N) is 3. The molecule has 130 valence electrons. The molecule has 0 radical (unpaired) electrons. The maximum Gasteiger partial charge on any atom is 0.335 e. The summed E-state index contributed by atoms with van der Waals surface area (Å²) in [6, 6.07) is 5.32. The summed E-state index contributed by atoms with van der Waals surface area (Å²) >= 11 is 0. The van der Waals surface area contributed by atoms with Gasteiger partial charge in [0.2, 0.25) is 0 Å². The van der Waals surface area contributed by atoms with Crippen LogP contribution in [0.25, 0.3) is 10.9 Å². The number of aromatic carboxylic acids is 1. The van der Waals surface area contributed by atoms with Gasteiger partial charge in [0.25, 0.3) is 0 Å². The van der Waals surface area contributed by atoms with E-state index in [0.29, 0.717) is 11.5 Å².